The Morgan fingerprint density at radius 1 is 1.24 bits per heavy atom. The van der Waals surface area contributed by atoms with Crippen molar-refractivity contribution in [2.75, 3.05) is 5.32 Å². The number of rotatable bonds is 3. The van der Waals surface area contributed by atoms with Crippen LogP contribution in [0.3, 0.4) is 0 Å². The Hall–Kier alpha value is -2.30. The standard InChI is InChI=1S/C12H9F2N3/c13-10-4-8(6-15)12(5-11(10)14)17-9-2-1-3-16-7-9/h1-7,15,17H. The molecule has 0 bridgehead atoms. The Kier molecular flexibility index (Phi) is 3.09. The zero-order valence-corrected chi connectivity index (χ0v) is 8.74. The Bertz CT molecular complexity index is 541. The molecule has 17 heavy (non-hydrogen) atoms. The molecule has 86 valence electrons. The summed E-state index contributed by atoms with van der Waals surface area (Å²) in [7, 11) is 0. The topological polar surface area (TPSA) is 48.8 Å². The highest BCUT2D eigenvalue weighted by atomic mass is 19.2. The SMILES string of the molecule is N=Cc1cc(F)c(F)cc1Nc1cccnc1. The van der Waals surface area contributed by atoms with Crippen molar-refractivity contribution in [3.8, 4) is 0 Å². The van der Waals surface area contributed by atoms with Crippen molar-refractivity contribution in [1.82, 2.24) is 4.98 Å². The molecule has 0 saturated carbocycles. The number of nitrogens with zero attached hydrogens (tertiary/aromatic N) is 1. The van der Waals surface area contributed by atoms with Gasteiger partial charge in [0, 0.05) is 24.0 Å². The molecule has 0 saturated heterocycles. The van der Waals surface area contributed by atoms with Gasteiger partial charge in [0.25, 0.3) is 0 Å². The van der Waals surface area contributed by atoms with E-state index in [0.29, 0.717) is 11.4 Å². The summed E-state index contributed by atoms with van der Waals surface area (Å²) in [5, 5.41) is 10.0. The maximum absolute atomic E-state index is 13.1. The molecule has 2 rings (SSSR count). The van der Waals surface area contributed by atoms with Crippen molar-refractivity contribution in [2.24, 2.45) is 0 Å². The van der Waals surface area contributed by atoms with Crippen molar-refractivity contribution < 1.29 is 8.78 Å². The van der Waals surface area contributed by atoms with E-state index in [0.717, 1.165) is 18.3 Å². The number of hydrogen-bond acceptors (Lipinski definition) is 3. The highest BCUT2D eigenvalue weighted by Crippen LogP contribution is 2.22. The van der Waals surface area contributed by atoms with Gasteiger partial charge in [0.2, 0.25) is 0 Å². The summed E-state index contributed by atoms with van der Waals surface area (Å²) in [6, 6.07) is 5.44. The number of aromatic nitrogens is 1. The lowest BCUT2D eigenvalue weighted by molar-refractivity contribution is 0.509. The van der Waals surface area contributed by atoms with Gasteiger partial charge < -0.3 is 10.7 Å². The van der Waals surface area contributed by atoms with E-state index in [1.807, 2.05) is 0 Å². The van der Waals surface area contributed by atoms with Gasteiger partial charge >= 0.3 is 0 Å². The Labute approximate surface area is 96.6 Å². The van der Waals surface area contributed by atoms with Gasteiger partial charge in [-0.2, -0.15) is 0 Å². The minimum atomic E-state index is -0.972. The highest BCUT2D eigenvalue weighted by molar-refractivity contribution is 5.87. The second kappa shape index (κ2) is 4.69. The first kappa shape index (κ1) is 11.2. The summed E-state index contributed by atoms with van der Waals surface area (Å²) in [5.74, 6) is -1.93. The van der Waals surface area contributed by atoms with E-state index in [-0.39, 0.29) is 5.56 Å². The van der Waals surface area contributed by atoms with Crippen LogP contribution >= 0.6 is 0 Å². The third-order valence-electron chi connectivity index (χ3n) is 2.19. The van der Waals surface area contributed by atoms with Crippen molar-refractivity contribution in [2.45, 2.75) is 0 Å². The average molecular weight is 233 g/mol. The van der Waals surface area contributed by atoms with E-state index in [1.54, 1.807) is 24.5 Å². The molecule has 0 fully saturated rings. The molecule has 1 aromatic carbocycles. The lowest BCUT2D eigenvalue weighted by atomic mass is 10.1. The van der Waals surface area contributed by atoms with Gasteiger partial charge in [-0.3, -0.25) is 4.98 Å². The quantitative estimate of drug-likeness (QED) is 0.800. The number of halogens is 2. The van der Waals surface area contributed by atoms with Crippen LogP contribution in [-0.4, -0.2) is 11.2 Å². The smallest absolute Gasteiger partial charge is 0.160 e. The minimum absolute atomic E-state index is 0.271. The van der Waals surface area contributed by atoms with Gasteiger partial charge in [-0.1, -0.05) is 0 Å². The molecule has 0 atom stereocenters. The number of pyridine rings is 1. The highest BCUT2D eigenvalue weighted by Gasteiger charge is 2.08. The van der Waals surface area contributed by atoms with Gasteiger partial charge in [-0.25, -0.2) is 8.78 Å². The fourth-order valence-corrected chi connectivity index (χ4v) is 1.38. The minimum Gasteiger partial charge on any atom is -0.354 e. The molecule has 3 nitrogen and oxygen atoms in total. The third kappa shape index (κ3) is 2.44. The Morgan fingerprint density at radius 3 is 2.65 bits per heavy atom. The molecule has 0 spiro atoms. The van der Waals surface area contributed by atoms with Crippen molar-refractivity contribution in [3.05, 3.63) is 53.9 Å². The molecule has 2 N–H and O–H groups in total. The van der Waals surface area contributed by atoms with Crippen LogP contribution in [0.15, 0.2) is 36.7 Å². The molecule has 0 aliphatic heterocycles. The maximum atomic E-state index is 13.1. The van der Waals surface area contributed by atoms with Crippen molar-refractivity contribution >= 4 is 17.6 Å². The predicted octanol–water partition coefficient (Wildman–Crippen LogP) is 3.10. The maximum Gasteiger partial charge on any atom is 0.160 e. The number of hydrogen-bond donors (Lipinski definition) is 2. The molecule has 0 amide bonds. The molecule has 0 radical (unpaired) electrons. The van der Waals surface area contributed by atoms with E-state index >= 15 is 0 Å². The normalized spacial score (nSPS) is 10.0. The molecular formula is C12H9F2N3. The van der Waals surface area contributed by atoms with Gasteiger partial charge in [-0.15, -0.1) is 0 Å². The summed E-state index contributed by atoms with van der Waals surface area (Å²) in [5.41, 5.74) is 1.24. The summed E-state index contributed by atoms with van der Waals surface area (Å²) >= 11 is 0. The predicted molar refractivity (Wildman–Crippen MR) is 61.8 cm³/mol. The van der Waals surface area contributed by atoms with Gasteiger partial charge in [0.05, 0.1) is 17.6 Å². The zero-order chi connectivity index (χ0) is 12.3. The van der Waals surface area contributed by atoms with Crippen LogP contribution < -0.4 is 5.32 Å². The van der Waals surface area contributed by atoms with E-state index in [1.165, 1.54) is 0 Å². The Balaban J connectivity index is 2.38. The van der Waals surface area contributed by atoms with Gasteiger partial charge in [0.15, 0.2) is 11.6 Å². The van der Waals surface area contributed by atoms with E-state index < -0.39 is 11.6 Å². The Morgan fingerprint density at radius 2 is 2.00 bits per heavy atom. The van der Waals surface area contributed by atoms with Crippen molar-refractivity contribution in [1.29, 1.82) is 5.41 Å². The van der Waals surface area contributed by atoms with Gasteiger partial charge in [-0.05, 0) is 18.2 Å². The van der Waals surface area contributed by atoms with Gasteiger partial charge in [0.1, 0.15) is 0 Å². The fourth-order valence-electron chi connectivity index (χ4n) is 1.38. The largest absolute Gasteiger partial charge is 0.354 e. The molecule has 0 unspecified atom stereocenters. The molecule has 1 aromatic heterocycles. The summed E-state index contributed by atoms with van der Waals surface area (Å²) < 4.78 is 26.1. The van der Waals surface area contributed by atoms with Crippen LogP contribution in [0.2, 0.25) is 0 Å². The first-order valence-electron chi connectivity index (χ1n) is 4.87. The fraction of sp³-hybridized carbons (Fsp3) is 0. The summed E-state index contributed by atoms with van der Waals surface area (Å²) in [6.45, 7) is 0. The molecule has 1 heterocycles. The van der Waals surface area contributed by atoms with Crippen LogP contribution in [0.25, 0.3) is 0 Å². The van der Waals surface area contributed by atoms with E-state index in [9.17, 15) is 8.78 Å². The molecule has 2 aromatic rings. The second-order valence-electron chi connectivity index (χ2n) is 3.36. The van der Waals surface area contributed by atoms with E-state index in [4.69, 9.17) is 5.41 Å². The monoisotopic (exact) mass is 233 g/mol. The molecular weight excluding hydrogens is 224 g/mol. The van der Waals surface area contributed by atoms with Crippen LogP contribution in [0.1, 0.15) is 5.56 Å². The average Bonchev–Trinajstić information content (AvgIpc) is 2.35. The number of benzene rings is 1. The number of anilines is 2. The lowest BCUT2D eigenvalue weighted by Crippen LogP contribution is -1.98. The summed E-state index contributed by atoms with van der Waals surface area (Å²) in [6.07, 6.45) is 4.12. The van der Waals surface area contributed by atoms with Crippen LogP contribution in [0, 0.1) is 17.0 Å². The molecule has 0 aliphatic carbocycles. The first-order valence-corrected chi connectivity index (χ1v) is 4.87. The number of nitrogens with one attached hydrogen (secondary N) is 2. The van der Waals surface area contributed by atoms with Crippen LogP contribution in [-0.2, 0) is 0 Å². The first-order chi connectivity index (χ1) is 8.20. The molecule has 0 aliphatic rings. The zero-order valence-electron chi connectivity index (χ0n) is 8.74. The third-order valence-corrected chi connectivity index (χ3v) is 2.19. The van der Waals surface area contributed by atoms with Crippen LogP contribution in [0.5, 0.6) is 0 Å². The van der Waals surface area contributed by atoms with Crippen LogP contribution in [0.4, 0.5) is 20.2 Å². The van der Waals surface area contributed by atoms with Crippen molar-refractivity contribution in [3.63, 3.8) is 0 Å². The second-order valence-corrected chi connectivity index (χ2v) is 3.36. The van der Waals surface area contributed by atoms with E-state index in [2.05, 4.69) is 10.3 Å². The summed E-state index contributed by atoms with van der Waals surface area (Å²) in [4.78, 5) is 3.89. The molecule has 5 heteroatoms. The lowest BCUT2D eigenvalue weighted by Gasteiger charge is -2.09.